The number of halogens is 1. The van der Waals surface area contributed by atoms with E-state index in [9.17, 15) is 4.79 Å². The van der Waals surface area contributed by atoms with Gasteiger partial charge >= 0.3 is 0 Å². The summed E-state index contributed by atoms with van der Waals surface area (Å²) in [6.07, 6.45) is 4.13. The van der Waals surface area contributed by atoms with Crippen LogP contribution < -0.4 is 11.5 Å². The maximum Gasteiger partial charge on any atom is 0.174 e. The maximum absolute atomic E-state index is 12.3. The van der Waals surface area contributed by atoms with E-state index in [-0.39, 0.29) is 11.6 Å². The zero-order chi connectivity index (χ0) is 11.8. The third kappa shape index (κ3) is 1.68. The smallest absolute Gasteiger partial charge is 0.174 e. The first-order valence-electron chi connectivity index (χ1n) is 5.25. The van der Waals surface area contributed by atoms with E-state index in [0.717, 1.165) is 19.3 Å². The lowest BCUT2D eigenvalue weighted by Gasteiger charge is -2.39. The second kappa shape index (κ2) is 4.03. The fourth-order valence-electron chi connectivity index (χ4n) is 2.04. The van der Waals surface area contributed by atoms with Gasteiger partial charge in [-0.1, -0.05) is 18.0 Å². The van der Waals surface area contributed by atoms with Crippen LogP contribution in [-0.4, -0.2) is 17.3 Å². The molecule has 1 saturated carbocycles. The van der Waals surface area contributed by atoms with Gasteiger partial charge in [0, 0.05) is 18.2 Å². The van der Waals surface area contributed by atoms with E-state index in [2.05, 4.69) is 4.98 Å². The highest BCUT2D eigenvalue weighted by molar-refractivity contribution is 6.31. The van der Waals surface area contributed by atoms with Crippen molar-refractivity contribution >= 4 is 23.2 Å². The molecule has 1 aliphatic carbocycles. The number of Topliss-reactive ketones (excluding diaryl/α,β-unsaturated/α-hetero) is 1. The van der Waals surface area contributed by atoms with Crippen molar-refractivity contribution in [3.05, 3.63) is 22.8 Å². The predicted molar refractivity (Wildman–Crippen MR) is 63.3 cm³/mol. The van der Waals surface area contributed by atoms with Crippen molar-refractivity contribution in [2.75, 3.05) is 12.3 Å². The molecule has 0 amide bonds. The van der Waals surface area contributed by atoms with Crippen molar-refractivity contribution in [2.45, 2.75) is 19.3 Å². The molecule has 4 nitrogen and oxygen atoms in total. The summed E-state index contributed by atoms with van der Waals surface area (Å²) in [4.78, 5) is 16.2. The number of nitrogens with two attached hydrogens (primary N) is 2. The summed E-state index contributed by atoms with van der Waals surface area (Å²) in [5.74, 6) is 0.211. The molecule has 5 heteroatoms. The summed E-state index contributed by atoms with van der Waals surface area (Å²) < 4.78 is 0. The fraction of sp³-hybridized carbons (Fsp3) is 0.455. The van der Waals surface area contributed by atoms with E-state index in [1.54, 1.807) is 6.07 Å². The van der Waals surface area contributed by atoms with Crippen LogP contribution >= 0.6 is 11.6 Å². The van der Waals surface area contributed by atoms with Gasteiger partial charge in [0.15, 0.2) is 5.78 Å². The normalized spacial score (nSPS) is 17.9. The SMILES string of the molecule is NCC1(C(=O)c2cc(Cl)cnc2N)CCC1. The van der Waals surface area contributed by atoms with Crippen LogP contribution in [0.2, 0.25) is 5.02 Å². The van der Waals surface area contributed by atoms with Gasteiger partial charge in [0.1, 0.15) is 5.82 Å². The van der Waals surface area contributed by atoms with Crippen LogP contribution in [-0.2, 0) is 0 Å². The lowest BCUT2D eigenvalue weighted by molar-refractivity contribution is 0.0636. The van der Waals surface area contributed by atoms with Crippen LogP contribution in [0.4, 0.5) is 5.82 Å². The predicted octanol–water partition coefficient (Wildman–Crippen LogP) is 1.63. The number of hydrogen-bond acceptors (Lipinski definition) is 4. The van der Waals surface area contributed by atoms with Crippen molar-refractivity contribution in [1.29, 1.82) is 0 Å². The first kappa shape index (κ1) is 11.4. The molecule has 0 aromatic carbocycles. The van der Waals surface area contributed by atoms with Crippen molar-refractivity contribution in [1.82, 2.24) is 4.98 Å². The minimum atomic E-state index is -0.430. The average Bonchev–Trinajstić information content (AvgIpc) is 2.21. The number of aromatic nitrogens is 1. The number of ketones is 1. The Bertz CT molecular complexity index is 424. The summed E-state index contributed by atoms with van der Waals surface area (Å²) in [5, 5.41) is 0.420. The van der Waals surface area contributed by atoms with Crippen LogP contribution in [0.25, 0.3) is 0 Å². The monoisotopic (exact) mass is 239 g/mol. The van der Waals surface area contributed by atoms with Gasteiger partial charge in [-0.3, -0.25) is 4.79 Å². The number of carbonyl (C=O) groups excluding carboxylic acids is 1. The minimum Gasteiger partial charge on any atom is -0.383 e. The molecule has 0 saturated heterocycles. The Kier molecular flexibility index (Phi) is 2.86. The molecule has 1 aromatic rings. The van der Waals surface area contributed by atoms with Crippen LogP contribution in [0.1, 0.15) is 29.6 Å². The topological polar surface area (TPSA) is 82.0 Å². The molecule has 0 atom stereocenters. The number of carbonyl (C=O) groups is 1. The summed E-state index contributed by atoms with van der Waals surface area (Å²) >= 11 is 5.81. The number of anilines is 1. The number of hydrogen-bond donors (Lipinski definition) is 2. The van der Waals surface area contributed by atoms with Gasteiger partial charge in [0.05, 0.1) is 10.6 Å². The summed E-state index contributed by atoms with van der Waals surface area (Å²) in [7, 11) is 0. The molecule has 0 bridgehead atoms. The van der Waals surface area contributed by atoms with Crippen molar-refractivity contribution in [3.8, 4) is 0 Å². The molecule has 0 aliphatic heterocycles. The Morgan fingerprint density at radius 1 is 1.56 bits per heavy atom. The van der Waals surface area contributed by atoms with Gasteiger partial charge in [-0.05, 0) is 18.9 Å². The van der Waals surface area contributed by atoms with Gasteiger partial charge in [0.2, 0.25) is 0 Å². The van der Waals surface area contributed by atoms with Crippen LogP contribution in [0.5, 0.6) is 0 Å². The second-order valence-electron chi connectivity index (χ2n) is 4.25. The molecule has 4 N–H and O–H groups in total. The molecular formula is C11H14ClN3O. The molecule has 2 rings (SSSR count). The zero-order valence-electron chi connectivity index (χ0n) is 8.87. The van der Waals surface area contributed by atoms with Crippen LogP contribution in [0.15, 0.2) is 12.3 Å². The van der Waals surface area contributed by atoms with Gasteiger partial charge in [-0.25, -0.2) is 4.98 Å². The first-order chi connectivity index (χ1) is 7.59. The van der Waals surface area contributed by atoms with E-state index >= 15 is 0 Å². The summed E-state index contributed by atoms with van der Waals surface area (Å²) in [5.41, 5.74) is 11.3. The molecule has 1 fully saturated rings. The highest BCUT2D eigenvalue weighted by Gasteiger charge is 2.43. The van der Waals surface area contributed by atoms with E-state index in [1.807, 2.05) is 0 Å². The van der Waals surface area contributed by atoms with Crippen molar-refractivity contribution < 1.29 is 4.79 Å². The Morgan fingerprint density at radius 3 is 2.75 bits per heavy atom. The second-order valence-corrected chi connectivity index (χ2v) is 4.69. The number of nitrogen functional groups attached to an aromatic ring is 1. The van der Waals surface area contributed by atoms with E-state index < -0.39 is 5.41 Å². The molecule has 1 heterocycles. The van der Waals surface area contributed by atoms with E-state index in [1.165, 1.54) is 6.20 Å². The van der Waals surface area contributed by atoms with Crippen molar-refractivity contribution in [3.63, 3.8) is 0 Å². The minimum absolute atomic E-state index is 0.0197. The highest BCUT2D eigenvalue weighted by atomic mass is 35.5. The molecule has 1 aromatic heterocycles. The summed E-state index contributed by atoms with van der Waals surface area (Å²) in [6.45, 7) is 0.359. The lowest BCUT2D eigenvalue weighted by atomic mass is 9.64. The fourth-order valence-corrected chi connectivity index (χ4v) is 2.20. The Labute approximate surface area is 99.0 Å². The third-order valence-electron chi connectivity index (χ3n) is 3.31. The number of rotatable bonds is 3. The van der Waals surface area contributed by atoms with Gasteiger partial charge < -0.3 is 11.5 Å². The number of nitrogens with zero attached hydrogens (tertiary/aromatic N) is 1. The van der Waals surface area contributed by atoms with E-state index in [0.29, 0.717) is 17.1 Å². The van der Waals surface area contributed by atoms with Crippen LogP contribution in [0, 0.1) is 5.41 Å². The molecule has 86 valence electrons. The largest absolute Gasteiger partial charge is 0.383 e. The molecular weight excluding hydrogens is 226 g/mol. The number of pyridine rings is 1. The third-order valence-corrected chi connectivity index (χ3v) is 3.52. The quantitative estimate of drug-likeness (QED) is 0.786. The maximum atomic E-state index is 12.3. The molecule has 0 spiro atoms. The van der Waals surface area contributed by atoms with Gasteiger partial charge in [0.25, 0.3) is 0 Å². The van der Waals surface area contributed by atoms with Crippen molar-refractivity contribution in [2.24, 2.45) is 11.1 Å². The van der Waals surface area contributed by atoms with E-state index in [4.69, 9.17) is 23.1 Å². The summed E-state index contributed by atoms with van der Waals surface area (Å²) in [6, 6.07) is 1.57. The molecule has 0 unspecified atom stereocenters. The Hall–Kier alpha value is -1.13. The molecule has 0 radical (unpaired) electrons. The van der Waals surface area contributed by atoms with Crippen LogP contribution in [0.3, 0.4) is 0 Å². The first-order valence-corrected chi connectivity index (χ1v) is 5.63. The highest BCUT2D eigenvalue weighted by Crippen LogP contribution is 2.43. The lowest BCUT2D eigenvalue weighted by Crippen LogP contribution is -2.44. The zero-order valence-corrected chi connectivity index (χ0v) is 9.63. The molecule has 16 heavy (non-hydrogen) atoms. The van der Waals surface area contributed by atoms with Gasteiger partial charge in [-0.2, -0.15) is 0 Å². The Morgan fingerprint density at radius 2 is 2.25 bits per heavy atom. The molecule has 1 aliphatic rings. The average molecular weight is 240 g/mol. The Balaban J connectivity index is 2.37. The van der Waals surface area contributed by atoms with Gasteiger partial charge in [-0.15, -0.1) is 0 Å². The standard InChI is InChI=1S/C11H14ClN3O/c12-7-4-8(10(14)15-5-7)9(16)11(6-13)2-1-3-11/h4-5H,1-3,6,13H2,(H2,14,15).